The Bertz CT molecular complexity index is 1080. The zero-order valence-electron chi connectivity index (χ0n) is 13.8. The van der Waals surface area contributed by atoms with E-state index in [1.807, 2.05) is 24.3 Å². The molecule has 0 fully saturated rings. The van der Waals surface area contributed by atoms with Crippen molar-refractivity contribution >= 4 is 33.1 Å². The molecule has 0 atom stereocenters. The summed E-state index contributed by atoms with van der Waals surface area (Å²) >= 11 is 1.79. The topological polar surface area (TPSA) is 72.8 Å². The maximum atomic E-state index is 5.76. The lowest BCUT2D eigenvalue weighted by Gasteiger charge is -2.10. The molecule has 1 aliphatic rings. The second-order valence-electron chi connectivity index (χ2n) is 6.06. The van der Waals surface area contributed by atoms with E-state index in [0.29, 0.717) is 11.6 Å². The average molecular weight is 361 g/mol. The number of anilines is 2. The zero-order chi connectivity index (χ0) is 17.3. The molecule has 0 aliphatic heterocycles. The highest BCUT2D eigenvalue weighted by molar-refractivity contribution is 7.19. The lowest BCUT2D eigenvalue weighted by Crippen LogP contribution is -1.96. The number of aromatic nitrogens is 4. The lowest BCUT2D eigenvalue weighted by molar-refractivity contribution is 0.460. The Balaban J connectivity index is 1.47. The molecule has 3 aromatic heterocycles. The zero-order valence-corrected chi connectivity index (χ0v) is 14.7. The SMILES string of the molecule is c1cc(Nc2ncnc3sc4c(c23)CCC4)cc(Oc2cnccn2)c1. The van der Waals surface area contributed by atoms with E-state index in [2.05, 4.69) is 25.3 Å². The predicted molar refractivity (Wildman–Crippen MR) is 101 cm³/mol. The molecule has 0 bridgehead atoms. The van der Waals surface area contributed by atoms with Crippen molar-refractivity contribution in [2.24, 2.45) is 0 Å². The van der Waals surface area contributed by atoms with Crippen molar-refractivity contribution in [1.82, 2.24) is 19.9 Å². The van der Waals surface area contributed by atoms with Crippen molar-refractivity contribution in [1.29, 1.82) is 0 Å². The molecule has 0 spiro atoms. The summed E-state index contributed by atoms with van der Waals surface area (Å²) < 4.78 is 5.76. The Labute approximate surface area is 153 Å². The number of fused-ring (bicyclic) bond motifs is 3. The molecule has 0 amide bonds. The number of ether oxygens (including phenoxy) is 1. The van der Waals surface area contributed by atoms with Gasteiger partial charge in [-0.2, -0.15) is 0 Å². The molecular formula is C19H15N5OS. The summed E-state index contributed by atoms with van der Waals surface area (Å²) in [5, 5.41) is 4.59. The minimum atomic E-state index is 0.463. The predicted octanol–water partition coefficient (Wildman–Crippen LogP) is 4.51. The first kappa shape index (κ1) is 15.2. The number of nitrogens with one attached hydrogen (secondary N) is 1. The van der Waals surface area contributed by atoms with Crippen LogP contribution in [0.3, 0.4) is 0 Å². The summed E-state index contributed by atoms with van der Waals surface area (Å²) in [5.74, 6) is 2.01. The van der Waals surface area contributed by atoms with E-state index in [1.54, 1.807) is 36.3 Å². The minimum absolute atomic E-state index is 0.463. The summed E-state index contributed by atoms with van der Waals surface area (Å²) in [6.45, 7) is 0. The van der Waals surface area contributed by atoms with Gasteiger partial charge < -0.3 is 10.1 Å². The Hall–Kier alpha value is -3.06. The first-order valence-corrected chi connectivity index (χ1v) is 9.25. The lowest BCUT2D eigenvalue weighted by atomic mass is 10.2. The number of thiophene rings is 1. The number of nitrogens with zero attached hydrogens (tertiary/aromatic N) is 4. The highest BCUT2D eigenvalue weighted by Crippen LogP contribution is 2.39. The van der Waals surface area contributed by atoms with Gasteiger partial charge in [0.05, 0.1) is 11.6 Å². The van der Waals surface area contributed by atoms with Gasteiger partial charge in [-0.05, 0) is 37.0 Å². The first-order chi connectivity index (χ1) is 12.9. The van der Waals surface area contributed by atoms with Crippen LogP contribution in [0.2, 0.25) is 0 Å². The van der Waals surface area contributed by atoms with E-state index >= 15 is 0 Å². The van der Waals surface area contributed by atoms with Crippen molar-refractivity contribution in [3.8, 4) is 11.6 Å². The molecule has 0 saturated carbocycles. The molecule has 1 aliphatic carbocycles. The molecule has 0 saturated heterocycles. The molecule has 3 heterocycles. The first-order valence-electron chi connectivity index (χ1n) is 8.43. The third-order valence-electron chi connectivity index (χ3n) is 4.36. The molecule has 26 heavy (non-hydrogen) atoms. The van der Waals surface area contributed by atoms with Crippen LogP contribution in [0.5, 0.6) is 11.6 Å². The van der Waals surface area contributed by atoms with E-state index in [-0.39, 0.29) is 0 Å². The molecule has 0 unspecified atom stereocenters. The van der Waals surface area contributed by atoms with Gasteiger partial charge in [-0.25, -0.2) is 15.0 Å². The molecule has 5 rings (SSSR count). The third-order valence-corrected chi connectivity index (χ3v) is 5.56. The molecule has 1 aromatic carbocycles. The van der Waals surface area contributed by atoms with Gasteiger partial charge in [-0.1, -0.05) is 6.07 Å². The summed E-state index contributed by atoms with van der Waals surface area (Å²) in [4.78, 5) is 19.6. The van der Waals surface area contributed by atoms with Crippen LogP contribution in [-0.2, 0) is 12.8 Å². The Morgan fingerprint density at radius 3 is 3.00 bits per heavy atom. The van der Waals surface area contributed by atoms with E-state index < -0.39 is 0 Å². The van der Waals surface area contributed by atoms with Crippen LogP contribution in [0.25, 0.3) is 10.2 Å². The number of benzene rings is 1. The minimum Gasteiger partial charge on any atom is -0.437 e. The Morgan fingerprint density at radius 1 is 1.08 bits per heavy atom. The highest BCUT2D eigenvalue weighted by atomic mass is 32.1. The van der Waals surface area contributed by atoms with Crippen molar-refractivity contribution in [2.75, 3.05) is 5.32 Å². The van der Waals surface area contributed by atoms with Crippen LogP contribution in [0.4, 0.5) is 11.5 Å². The highest BCUT2D eigenvalue weighted by Gasteiger charge is 2.21. The average Bonchev–Trinajstić information content (AvgIpc) is 3.24. The smallest absolute Gasteiger partial charge is 0.237 e. The molecule has 6 nitrogen and oxygen atoms in total. The van der Waals surface area contributed by atoms with Crippen LogP contribution in [0, 0.1) is 0 Å². The third kappa shape index (κ3) is 2.76. The molecular weight excluding hydrogens is 346 g/mol. The van der Waals surface area contributed by atoms with Gasteiger partial charge in [0, 0.05) is 29.0 Å². The van der Waals surface area contributed by atoms with Crippen LogP contribution in [-0.4, -0.2) is 19.9 Å². The van der Waals surface area contributed by atoms with E-state index in [9.17, 15) is 0 Å². The van der Waals surface area contributed by atoms with Gasteiger partial charge in [-0.15, -0.1) is 11.3 Å². The fraction of sp³-hybridized carbons (Fsp3) is 0.158. The van der Waals surface area contributed by atoms with Gasteiger partial charge in [-0.3, -0.25) is 4.98 Å². The molecule has 0 radical (unpaired) electrons. The quantitative estimate of drug-likeness (QED) is 0.577. The van der Waals surface area contributed by atoms with Crippen molar-refractivity contribution < 1.29 is 4.74 Å². The van der Waals surface area contributed by atoms with Gasteiger partial charge >= 0.3 is 0 Å². The summed E-state index contributed by atoms with van der Waals surface area (Å²) in [6.07, 6.45) is 9.90. The standard InChI is InChI=1S/C19H15N5OS/c1-3-12(9-13(4-1)25-16-10-20-7-8-21-16)24-18-17-14-5-2-6-15(14)26-19(17)23-11-22-18/h1,3-4,7-11H,2,5-6H2,(H,22,23,24). The Morgan fingerprint density at radius 2 is 2.08 bits per heavy atom. The van der Waals surface area contributed by atoms with Gasteiger partial charge in [0.25, 0.3) is 0 Å². The van der Waals surface area contributed by atoms with E-state index in [0.717, 1.165) is 34.6 Å². The second kappa shape index (κ2) is 6.34. The number of hydrogen-bond donors (Lipinski definition) is 1. The number of rotatable bonds is 4. The molecule has 7 heteroatoms. The van der Waals surface area contributed by atoms with E-state index in [4.69, 9.17) is 4.74 Å². The van der Waals surface area contributed by atoms with Crippen LogP contribution in [0.1, 0.15) is 16.9 Å². The maximum absolute atomic E-state index is 5.76. The summed E-state index contributed by atoms with van der Waals surface area (Å²) in [7, 11) is 0. The van der Waals surface area contributed by atoms with Gasteiger partial charge in [0.15, 0.2) is 0 Å². The number of hydrogen-bond acceptors (Lipinski definition) is 7. The van der Waals surface area contributed by atoms with Gasteiger partial charge in [0.1, 0.15) is 22.7 Å². The van der Waals surface area contributed by atoms with Crippen LogP contribution < -0.4 is 10.1 Å². The molecule has 4 aromatic rings. The largest absolute Gasteiger partial charge is 0.437 e. The van der Waals surface area contributed by atoms with Crippen molar-refractivity contribution in [2.45, 2.75) is 19.3 Å². The fourth-order valence-electron chi connectivity index (χ4n) is 3.26. The maximum Gasteiger partial charge on any atom is 0.237 e. The molecule has 1 N–H and O–H groups in total. The number of aryl methyl sites for hydroxylation is 2. The fourth-order valence-corrected chi connectivity index (χ4v) is 4.49. The van der Waals surface area contributed by atoms with Crippen LogP contribution in [0.15, 0.2) is 49.2 Å². The monoisotopic (exact) mass is 361 g/mol. The van der Waals surface area contributed by atoms with Crippen LogP contribution >= 0.6 is 11.3 Å². The van der Waals surface area contributed by atoms with Gasteiger partial charge in [0.2, 0.25) is 5.88 Å². The summed E-state index contributed by atoms with van der Waals surface area (Å²) in [5.41, 5.74) is 2.31. The van der Waals surface area contributed by atoms with Crippen molar-refractivity contribution in [3.05, 3.63) is 59.6 Å². The summed E-state index contributed by atoms with van der Waals surface area (Å²) in [6, 6.07) is 7.74. The second-order valence-corrected chi connectivity index (χ2v) is 7.14. The van der Waals surface area contributed by atoms with E-state index in [1.165, 1.54) is 16.9 Å². The van der Waals surface area contributed by atoms with Crippen molar-refractivity contribution in [3.63, 3.8) is 0 Å². The molecule has 128 valence electrons. The normalized spacial score (nSPS) is 12.9. The Kier molecular flexibility index (Phi) is 3.71.